The summed E-state index contributed by atoms with van der Waals surface area (Å²) in [6.07, 6.45) is 1.30. The van der Waals surface area contributed by atoms with Crippen LogP contribution in [-0.2, 0) is 12.1 Å². The molecule has 0 radical (unpaired) electrons. The minimum atomic E-state index is -1.29. The maximum absolute atomic E-state index is 14.0. The fourth-order valence-corrected chi connectivity index (χ4v) is 5.24. The monoisotopic (exact) mass is 479 g/mol. The molecule has 1 aromatic heterocycles. The van der Waals surface area contributed by atoms with Crippen LogP contribution in [0.15, 0.2) is 16.9 Å². The van der Waals surface area contributed by atoms with Gasteiger partial charge in [0.1, 0.15) is 28.7 Å². The molecule has 2 aliphatic heterocycles. The van der Waals surface area contributed by atoms with Crippen LogP contribution < -0.4 is 10.7 Å². The average molecular weight is 479 g/mol. The number of likely N-dealkylation sites (N-methyl/N-ethyl adjacent to an activating group) is 1. The van der Waals surface area contributed by atoms with E-state index >= 15 is 0 Å². The van der Waals surface area contributed by atoms with E-state index in [9.17, 15) is 37.8 Å². The van der Waals surface area contributed by atoms with Gasteiger partial charge in [0.05, 0.1) is 17.3 Å². The molecule has 1 amide bonds. The van der Waals surface area contributed by atoms with Gasteiger partial charge in [-0.2, -0.15) is 0 Å². The first-order chi connectivity index (χ1) is 16.1. The highest BCUT2D eigenvalue weighted by Crippen LogP contribution is 2.46. The van der Waals surface area contributed by atoms with Gasteiger partial charge in [0.25, 0.3) is 5.91 Å². The molecule has 4 rings (SSSR count). The maximum atomic E-state index is 14.0. The molecule has 1 saturated heterocycles. The highest BCUT2D eigenvalue weighted by atomic mass is 19.1. The first kappa shape index (κ1) is 24.0. The normalized spacial score (nSPS) is 22.4. The van der Waals surface area contributed by atoms with Gasteiger partial charge in [-0.25, -0.2) is 13.2 Å². The summed E-state index contributed by atoms with van der Waals surface area (Å²) in [6, 6.07) is 0.913. The lowest BCUT2D eigenvalue weighted by Gasteiger charge is -2.35. The number of hydrogen-bond donors (Lipinski definition) is 3. The van der Waals surface area contributed by atoms with Crippen molar-refractivity contribution in [2.45, 2.75) is 43.9 Å². The van der Waals surface area contributed by atoms with E-state index in [2.05, 4.69) is 5.32 Å². The molecule has 2 unspecified atom stereocenters. The minimum absolute atomic E-state index is 0.114. The van der Waals surface area contributed by atoms with E-state index in [1.54, 1.807) is 0 Å². The van der Waals surface area contributed by atoms with Crippen molar-refractivity contribution in [3.8, 4) is 5.75 Å². The number of carbonyl (C=O) groups excluding carboxylic acids is 2. The molecule has 0 saturated carbocycles. The third-order valence-electron chi connectivity index (χ3n) is 6.65. The number of likely N-dealkylation sites (tertiary alicyclic amines) is 1. The number of nitrogens with zero attached hydrogens (tertiary/aromatic N) is 2. The van der Waals surface area contributed by atoms with Gasteiger partial charge in [0.15, 0.2) is 12.0 Å². The molecular formula is C23H24F3N3O5. The third kappa shape index (κ3) is 3.88. The van der Waals surface area contributed by atoms with E-state index in [-0.39, 0.29) is 17.8 Å². The Morgan fingerprint density at radius 1 is 1.26 bits per heavy atom. The number of pyridine rings is 1. The Hall–Kier alpha value is -3.18. The van der Waals surface area contributed by atoms with E-state index in [1.165, 1.54) is 4.57 Å². The van der Waals surface area contributed by atoms with Crippen LogP contribution in [0.4, 0.5) is 13.2 Å². The van der Waals surface area contributed by atoms with Crippen molar-refractivity contribution in [3.63, 3.8) is 0 Å². The maximum Gasteiger partial charge on any atom is 0.257 e. The van der Waals surface area contributed by atoms with Crippen LogP contribution in [0.1, 0.15) is 63.9 Å². The number of amides is 1. The van der Waals surface area contributed by atoms with E-state index < -0.39 is 63.9 Å². The van der Waals surface area contributed by atoms with Crippen LogP contribution in [-0.4, -0.2) is 52.0 Å². The molecule has 0 aliphatic carbocycles. The lowest BCUT2D eigenvalue weighted by atomic mass is 9.89. The lowest BCUT2D eigenvalue weighted by molar-refractivity contribution is 0.0938. The van der Waals surface area contributed by atoms with Crippen LogP contribution in [0.2, 0.25) is 0 Å². The molecule has 3 heterocycles. The van der Waals surface area contributed by atoms with Crippen molar-refractivity contribution in [2.24, 2.45) is 0 Å². The molecule has 34 heavy (non-hydrogen) atoms. The Bertz CT molecular complexity index is 1210. The van der Waals surface area contributed by atoms with E-state index in [0.29, 0.717) is 31.4 Å². The van der Waals surface area contributed by atoms with Crippen LogP contribution in [0, 0.1) is 17.5 Å². The van der Waals surface area contributed by atoms with Crippen molar-refractivity contribution in [1.29, 1.82) is 0 Å². The first-order valence-corrected chi connectivity index (χ1v) is 10.9. The van der Waals surface area contributed by atoms with Crippen molar-refractivity contribution >= 4 is 12.2 Å². The standard InChI is InChI=1S/C23H24F3N3O5/c1-28-5-3-2-4-23(11-28)8-17(31)19-18(21(33)20(32)16(10-30)29(19)23)22(34)27-9-13-14(25)6-12(24)7-15(13)26/h6-7,10,17,31-32H,2-5,8-9,11H2,1H3,(H,27,34). The number of carbonyl (C=O) groups is 2. The van der Waals surface area contributed by atoms with Crippen LogP contribution >= 0.6 is 0 Å². The molecule has 0 bridgehead atoms. The van der Waals surface area contributed by atoms with Gasteiger partial charge in [0.2, 0.25) is 5.43 Å². The summed E-state index contributed by atoms with van der Waals surface area (Å²) in [4.78, 5) is 39.8. The molecule has 11 heteroatoms. The number of aldehydes is 1. The smallest absolute Gasteiger partial charge is 0.257 e. The highest BCUT2D eigenvalue weighted by molar-refractivity contribution is 5.97. The number of aliphatic hydroxyl groups is 1. The van der Waals surface area contributed by atoms with Gasteiger partial charge in [-0.1, -0.05) is 0 Å². The Labute approximate surface area is 192 Å². The summed E-state index contributed by atoms with van der Waals surface area (Å²) in [6.45, 7) is 0.473. The number of aliphatic hydroxyl groups excluding tert-OH is 1. The molecule has 1 aromatic carbocycles. The van der Waals surface area contributed by atoms with Crippen molar-refractivity contribution in [2.75, 3.05) is 20.1 Å². The second-order valence-corrected chi connectivity index (χ2v) is 8.95. The molecular weight excluding hydrogens is 455 g/mol. The molecule has 2 atom stereocenters. The fourth-order valence-electron chi connectivity index (χ4n) is 5.24. The molecule has 2 aromatic rings. The topological polar surface area (TPSA) is 112 Å². The second-order valence-electron chi connectivity index (χ2n) is 8.95. The van der Waals surface area contributed by atoms with Crippen LogP contribution in [0.3, 0.4) is 0 Å². The molecule has 1 fully saturated rings. The molecule has 1 spiro atoms. The number of rotatable bonds is 4. The molecule has 8 nitrogen and oxygen atoms in total. The summed E-state index contributed by atoms with van der Waals surface area (Å²) in [5, 5.41) is 23.7. The molecule has 2 aliphatic rings. The number of fused-ring (bicyclic) bond motifs is 2. The fraction of sp³-hybridized carbons (Fsp3) is 0.435. The average Bonchev–Trinajstić information content (AvgIpc) is 2.90. The minimum Gasteiger partial charge on any atom is -0.503 e. The van der Waals surface area contributed by atoms with E-state index in [1.807, 2.05) is 11.9 Å². The molecule has 3 N–H and O–H groups in total. The van der Waals surface area contributed by atoms with Gasteiger partial charge < -0.3 is 25.0 Å². The predicted octanol–water partition coefficient (Wildman–Crippen LogP) is 1.96. The van der Waals surface area contributed by atoms with Gasteiger partial charge in [0, 0.05) is 37.2 Å². The number of aromatic hydroxyl groups is 1. The summed E-state index contributed by atoms with van der Waals surface area (Å²) >= 11 is 0. The van der Waals surface area contributed by atoms with Gasteiger partial charge in [-0.15, -0.1) is 0 Å². The zero-order valence-corrected chi connectivity index (χ0v) is 18.4. The zero-order valence-electron chi connectivity index (χ0n) is 18.4. The van der Waals surface area contributed by atoms with Crippen molar-refractivity contribution in [3.05, 3.63) is 62.3 Å². The number of halogens is 3. The lowest BCUT2D eigenvalue weighted by Crippen LogP contribution is -2.43. The second kappa shape index (κ2) is 8.88. The molecule has 182 valence electrons. The van der Waals surface area contributed by atoms with Gasteiger partial charge in [-0.05, 0) is 32.9 Å². The third-order valence-corrected chi connectivity index (χ3v) is 6.65. The van der Waals surface area contributed by atoms with Gasteiger partial charge >= 0.3 is 0 Å². The first-order valence-electron chi connectivity index (χ1n) is 10.9. The largest absolute Gasteiger partial charge is 0.503 e. The highest BCUT2D eigenvalue weighted by Gasteiger charge is 2.48. The zero-order chi connectivity index (χ0) is 24.8. The Morgan fingerprint density at radius 2 is 1.94 bits per heavy atom. The SMILES string of the molecule is CN1CCCCC2(CC(O)c3c(C(=O)NCc4c(F)cc(F)cc4F)c(=O)c(O)c(C=O)n32)C1. The Balaban J connectivity index is 1.81. The Kier molecular flexibility index (Phi) is 6.26. The van der Waals surface area contributed by atoms with Crippen molar-refractivity contribution in [1.82, 2.24) is 14.8 Å². The summed E-state index contributed by atoms with van der Waals surface area (Å²) in [7, 11) is 1.87. The number of nitrogens with one attached hydrogen (secondary N) is 1. The van der Waals surface area contributed by atoms with Crippen LogP contribution in [0.25, 0.3) is 0 Å². The summed E-state index contributed by atoms with van der Waals surface area (Å²) in [5.74, 6) is -5.61. The van der Waals surface area contributed by atoms with E-state index in [4.69, 9.17) is 0 Å². The Morgan fingerprint density at radius 3 is 2.59 bits per heavy atom. The number of aromatic nitrogens is 1. The number of benzene rings is 1. The van der Waals surface area contributed by atoms with Gasteiger partial charge in [-0.3, -0.25) is 14.4 Å². The van der Waals surface area contributed by atoms with Crippen molar-refractivity contribution < 1.29 is 33.0 Å². The predicted molar refractivity (Wildman–Crippen MR) is 114 cm³/mol. The number of hydrogen-bond acceptors (Lipinski definition) is 6. The van der Waals surface area contributed by atoms with Crippen LogP contribution in [0.5, 0.6) is 5.75 Å². The van der Waals surface area contributed by atoms with E-state index in [0.717, 1.165) is 19.4 Å². The quantitative estimate of drug-likeness (QED) is 0.579. The summed E-state index contributed by atoms with van der Waals surface area (Å²) < 4.78 is 42.5. The summed E-state index contributed by atoms with van der Waals surface area (Å²) in [5.41, 5.74) is -3.71.